The number of benzene rings is 1. The summed E-state index contributed by atoms with van der Waals surface area (Å²) in [5.41, 5.74) is 2.35. The summed E-state index contributed by atoms with van der Waals surface area (Å²) in [4.78, 5) is 17.9. The van der Waals surface area contributed by atoms with Crippen LogP contribution in [0.4, 0.5) is 0 Å². The summed E-state index contributed by atoms with van der Waals surface area (Å²) < 4.78 is 5.39. The van der Waals surface area contributed by atoms with E-state index < -0.39 is 0 Å². The van der Waals surface area contributed by atoms with Crippen molar-refractivity contribution >= 4 is 11.9 Å². The average Bonchev–Trinajstić information content (AvgIpc) is 3.13. The van der Waals surface area contributed by atoms with Crippen LogP contribution in [0, 0.1) is 6.92 Å². The maximum Gasteiger partial charge on any atom is 0.243 e. The third kappa shape index (κ3) is 6.24. The fourth-order valence-corrected chi connectivity index (χ4v) is 3.05. The Kier molecular flexibility index (Phi) is 7.75. The zero-order valence-corrected chi connectivity index (χ0v) is 16.5. The van der Waals surface area contributed by atoms with Crippen LogP contribution in [0.3, 0.4) is 0 Å². The number of amides is 1. The maximum atomic E-state index is 11.8. The number of carbonyl (C=O) groups excluding carboxylic acids is 1. The molecule has 6 nitrogen and oxygen atoms in total. The number of guanidine groups is 1. The molecular weight excluding hydrogens is 328 g/mol. The molecule has 1 amide bonds. The smallest absolute Gasteiger partial charge is 0.243 e. The van der Waals surface area contributed by atoms with Crippen LogP contribution in [0.25, 0.3) is 0 Å². The quantitative estimate of drug-likeness (QED) is 0.577. The van der Waals surface area contributed by atoms with Gasteiger partial charge in [-0.3, -0.25) is 4.79 Å². The largest absolute Gasteiger partial charge is 0.496 e. The normalized spacial score (nSPS) is 15.0. The summed E-state index contributed by atoms with van der Waals surface area (Å²) in [6.07, 6.45) is 5.70. The predicted molar refractivity (Wildman–Crippen MR) is 106 cm³/mol. The van der Waals surface area contributed by atoms with Crippen LogP contribution in [0.2, 0.25) is 0 Å². The minimum atomic E-state index is 0.000734. The Bertz CT molecular complexity index is 622. The summed E-state index contributed by atoms with van der Waals surface area (Å²) in [6, 6.07) is 6.73. The molecule has 1 aromatic rings. The zero-order valence-electron chi connectivity index (χ0n) is 16.5. The number of aliphatic imine (C=N–C) groups is 1. The first kappa shape index (κ1) is 20.1. The Hall–Kier alpha value is -2.24. The molecule has 0 heterocycles. The van der Waals surface area contributed by atoms with Crippen molar-refractivity contribution in [1.82, 2.24) is 15.5 Å². The Morgan fingerprint density at radius 2 is 2.04 bits per heavy atom. The minimum absolute atomic E-state index is 0.000734. The summed E-state index contributed by atoms with van der Waals surface area (Å²) in [6.45, 7) is 2.95. The fraction of sp³-hybridized carbons (Fsp3) is 0.600. The lowest BCUT2D eigenvalue weighted by Crippen LogP contribution is -2.43. The molecule has 0 aromatic heterocycles. The van der Waals surface area contributed by atoms with Crippen molar-refractivity contribution in [2.45, 2.75) is 45.1 Å². The zero-order chi connectivity index (χ0) is 18.9. The van der Waals surface area contributed by atoms with Crippen molar-refractivity contribution in [3.63, 3.8) is 0 Å². The Balaban J connectivity index is 1.92. The van der Waals surface area contributed by atoms with Gasteiger partial charge in [-0.05, 0) is 43.4 Å². The van der Waals surface area contributed by atoms with Gasteiger partial charge in [0.1, 0.15) is 12.3 Å². The number of methoxy groups -OCH3 is 1. The van der Waals surface area contributed by atoms with E-state index in [-0.39, 0.29) is 12.5 Å². The van der Waals surface area contributed by atoms with Gasteiger partial charge >= 0.3 is 0 Å². The first-order valence-electron chi connectivity index (χ1n) is 9.38. The van der Waals surface area contributed by atoms with E-state index in [4.69, 9.17) is 4.74 Å². The minimum Gasteiger partial charge on any atom is -0.496 e. The highest BCUT2D eigenvalue weighted by Crippen LogP contribution is 2.19. The average molecular weight is 361 g/mol. The van der Waals surface area contributed by atoms with Gasteiger partial charge in [-0.15, -0.1) is 0 Å². The first-order valence-corrected chi connectivity index (χ1v) is 9.38. The monoisotopic (exact) mass is 360 g/mol. The molecule has 0 spiro atoms. The van der Waals surface area contributed by atoms with Gasteiger partial charge in [0.15, 0.2) is 5.96 Å². The maximum absolute atomic E-state index is 11.8. The molecule has 6 heteroatoms. The highest BCUT2D eigenvalue weighted by Gasteiger charge is 2.16. The number of aryl methyl sites for hydroxylation is 1. The number of nitrogens with zero attached hydrogens (tertiary/aromatic N) is 2. The van der Waals surface area contributed by atoms with E-state index in [9.17, 15) is 4.79 Å². The van der Waals surface area contributed by atoms with Gasteiger partial charge in [-0.25, -0.2) is 4.99 Å². The molecule has 0 atom stereocenters. The highest BCUT2D eigenvalue weighted by molar-refractivity contribution is 5.84. The van der Waals surface area contributed by atoms with Crippen molar-refractivity contribution in [2.24, 2.45) is 4.99 Å². The van der Waals surface area contributed by atoms with Gasteiger partial charge in [0.25, 0.3) is 0 Å². The summed E-state index contributed by atoms with van der Waals surface area (Å²) >= 11 is 0. The van der Waals surface area contributed by atoms with E-state index >= 15 is 0 Å². The highest BCUT2D eigenvalue weighted by atomic mass is 16.5. The van der Waals surface area contributed by atoms with Crippen molar-refractivity contribution in [2.75, 3.05) is 34.3 Å². The van der Waals surface area contributed by atoms with Crippen LogP contribution in [0.15, 0.2) is 23.2 Å². The topological polar surface area (TPSA) is 66.0 Å². The third-order valence-electron chi connectivity index (χ3n) is 4.75. The molecule has 26 heavy (non-hydrogen) atoms. The second-order valence-corrected chi connectivity index (χ2v) is 7.06. The van der Waals surface area contributed by atoms with Gasteiger partial charge in [-0.1, -0.05) is 25.0 Å². The Labute approximate surface area is 157 Å². The van der Waals surface area contributed by atoms with E-state index in [2.05, 4.69) is 33.8 Å². The molecule has 1 aliphatic rings. The van der Waals surface area contributed by atoms with Gasteiger partial charge in [0.2, 0.25) is 5.91 Å². The van der Waals surface area contributed by atoms with E-state index in [0.717, 1.165) is 43.1 Å². The number of carbonyl (C=O) groups is 1. The van der Waals surface area contributed by atoms with Crippen molar-refractivity contribution in [3.8, 4) is 5.75 Å². The molecule has 1 aliphatic carbocycles. The third-order valence-corrected chi connectivity index (χ3v) is 4.75. The molecule has 144 valence electrons. The van der Waals surface area contributed by atoms with E-state index in [1.165, 1.54) is 18.4 Å². The molecule has 2 N–H and O–H groups in total. The van der Waals surface area contributed by atoms with E-state index in [1.807, 2.05) is 6.92 Å². The molecule has 0 aliphatic heterocycles. The lowest BCUT2D eigenvalue weighted by atomic mass is 10.1. The first-order chi connectivity index (χ1) is 12.5. The van der Waals surface area contributed by atoms with Crippen LogP contribution < -0.4 is 15.4 Å². The molecule has 0 bridgehead atoms. The van der Waals surface area contributed by atoms with Crippen molar-refractivity contribution in [3.05, 3.63) is 29.3 Å². The summed E-state index contributed by atoms with van der Waals surface area (Å²) in [7, 11) is 5.20. The number of likely N-dealkylation sites (N-methyl/N-ethyl adjacent to an activating group) is 1. The lowest BCUT2D eigenvalue weighted by Gasteiger charge is -2.18. The second-order valence-electron chi connectivity index (χ2n) is 7.06. The summed E-state index contributed by atoms with van der Waals surface area (Å²) in [5, 5.41) is 6.84. The van der Waals surface area contributed by atoms with Crippen molar-refractivity contribution < 1.29 is 9.53 Å². The number of ether oxygens (including phenoxy) is 1. The molecule has 1 aromatic carbocycles. The van der Waals surface area contributed by atoms with Gasteiger partial charge in [-0.2, -0.15) is 0 Å². The lowest BCUT2D eigenvalue weighted by molar-refractivity contribution is -0.127. The predicted octanol–water partition coefficient (Wildman–Crippen LogP) is 2.11. The van der Waals surface area contributed by atoms with Gasteiger partial charge in [0.05, 0.1) is 7.11 Å². The molecule has 0 saturated heterocycles. The van der Waals surface area contributed by atoms with E-state index in [1.54, 1.807) is 26.1 Å². The fourth-order valence-electron chi connectivity index (χ4n) is 3.05. The number of hydrogen-bond donors (Lipinski definition) is 2. The summed E-state index contributed by atoms with van der Waals surface area (Å²) in [5.74, 6) is 1.64. The SMILES string of the molecule is COc1cc(CCNC(=NCC(=O)N(C)C)NC2CCCC2)ccc1C. The Morgan fingerprint density at radius 1 is 1.31 bits per heavy atom. The number of nitrogens with one attached hydrogen (secondary N) is 2. The molecule has 0 unspecified atom stereocenters. The molecular formula is C20H32N4O2. The second kappa shape index (κ2) is 10.0. The van der Waals surface area contributed by atoms with Crippen LogP contribution in [0.1, 0.15) is 36.8 Å². The van der Waals surface area contributed by atoms with Gasteiger partial charge in [0, 0.05) is 26.7 Å². The van der Waals surface area contributed by atoms with Gasteiger partial charge < -0.3 is 20.3 Å². The van der Waals surface area contributed by atoms with Crippen LogP contribution in [-0.4, -0.2) is 57.1 Å². The van der Waals surface area contributed by atoms with Crippen LogP contribution in [-0.2, 0) is 11.2 Å². The van der Waals surface area contributed by atoms with Crippen LogP contribution in [0.5, 0.6) is 5.75 Å². The van der Waals surface area contributed by atoms with Crippen molar-refractivity contribution in [1.29, 1.82) is 0 Å². The Morgan fingerprint density at radius 3 is 2.69 bits per heavy atom. The van der Waals surface area contributed by atoms with Crippen LogP contribution >= 0.6 is 0 Å². The molecule has 0 radical (unpaired) electrons. The number of hydrogen-bond acceptors (Lipinski definition) is 3. The van der Waals surface area contributed by atoms with E-state index in [0.29, 0.717) is 6.04 Å². The molecule has 1 fully saturated rings. The number of rotatable bonds is 7. The molecule has 1 saturated carbocycles. The standard InChI is InChI=1S/C20H32N4O2/c1-15-9-10-16(13-18(15)26-4)11-12-21-20(22-14-19(25)24(2)3)23-17-7-5-6-8-17/h9-10,13,17H,5-8,11-12,14H2,1-4H3,(H2,21,22,23). The molecule has 2 rings (SSSR count).